The molecule has 7 nitrogen and oxygen atoms in total. The Labute approximate surface area is 199 Å². The van der Waals surface area contributed by atoms with Crippen LogP contribution in [0.3, 0.4) is 0 Å². The Morgan fingerprint density at radius 1 is 0.912 bits per heavy atom. The first-order valence-corrected chi connectivity index (χ1v) is 11.0. The van der Waals surface area contributed by atoms with Gasteiger partial charge in [-0.05, 0) is 61.5 Å². The minimum atomic E-state index is -0.394. The van der Waals surface area contributed by atoms with E-state index in [1.165, 1.54) is 7.11 Å². The van der Waals surface area contributed by atoms with Crippen LogP contribution in [0.2, 0.25) is 0 Å². The van der Waals surface area contributed by atoms with Crippen LogP contribution >= 0.6 is 0 Å². The summed E-state index contributed by atoms with van der Waals surface area (Å²) in [6, 6.07) is 23.5. The molecule has 0 radical (unpaired) electrons. The molecule has 0 heterocycles. The topological polar surface area (TPSA) is 87.7 Å². The number of carbonyl (C=O) groups is 3. The predicted molar refractivity (Wildman–Crippen MR) is 132 cm³/mol. The van der Waals surface area contributed by atoms with Crippen molar-refractivity contribution < 1.29 is 19.1 Å². The van der Waals surface area contributed by atoms with E-state index in [4.69, 9.17) is 0 Å². The summed E-state index contributed by atoms with van der Waals surface area (Å²) in [5.41, 5.74) is 3.63. The van der Waals surface area contributed by atoms with Crippen molar-refractivity contribution in [1.82, 2.24) is 10.2 Å². The summed E-state index contributed by atoms with van der Waals surface area (Å²) in [5.74, 6) is -0.674. The van der Waals surface area contributed by atoms with E-state index in [0.29, 0.717) is 23.4 Å². The third-order valence-electron chi connectivity index (χ3n) is 5.58. The quantitative estimate of drug-likeness (QED) is 0.472. The molecule has 2 N–H and O–H groups in total. The van der Waals surface area contributed by atoms with Crippen LogP contribution in [0.1, 0.15) is 44.8 Å². The first-order valence-electron chi connectivity index (χ1n) is 11.0. The molecular formula is C27H29N3O4. The highest BCUT2D eigenvalue weighted by Gasteiger charge is 2.16. The second kappa shape index (κ2) is 11.8. The summed E-state index contributed by atoms with van der Waals surface area (Å²) >= 11 is 0. The number of hydrogen-bond acceptors (Lipinski definition) is 5. The molecule has 0 bridgehead atoms. The number of benzene rings is 3. The van der Waals surface area contributed by atoms with Gasteiger partial charge in [0.25, 0.3) is 5.91 Å². The molecule has 0 aliphatic rings. The third kappa shape index (κ3) is 6.76. The summed E-state index contributed by atoms with van der Waals surface area (Å²) < 4.78 is 4.69. The van der Waals surface area contributed by atoms with Crippen LogP contribution in [-0.4, -0.2) is 43.4 Å². The minimum Gasteiger partial charge on any atom is -0.465 e. The van der Waals surface area contributed by atoms with E-state index < -0.39 is 5.97 Å². The Kier molecular flexibility index (Phi) is 8.54. The zero-order valence-corrected chi connectivity index (χ0v) is 19.6. The van der Waals surface area contributed by atoms with Crippen molar-refractivity contribution in [1.29, 1.82) is 0 Å². The van der Waals surface area contributed by atoms with Crippen LogP contribution in [0, 0.1) is 0 Å². The van der Waals surface area contributed by atoms with Crippen molar-refractivity contribution in [3.05, 3.63) is 101 Å². The molecule has 176 valence electrons. The Balaban J connectivity index is 1.53. The average Bonchev–Trinajstić information content (AvgIpc) is 2.87. The van der Waals surface area contributed by atoms with E-state index in [1.54, 1.807) is 36.4 Å². The van der Waals surface area contributed by atoms with Crippen molar-refractivity contribution in [3.8, 4) is 0 Å². The van der Waals surface area contributed by atoms with Gasteiger partial charge < -0.3 is 15.4 Å². The van der Waals surface area contributed by atoms with Crippen molar-refractivity contribution in [2.24, 2.45) is 0 Å². The fourth-order valence-electron chi connectivity index (χ4n) is 3.42. The molecule has 7 heteroatoms. The molecule has 0 aliphatic heterocycles. The molecule has 0 aliphatic carbocycles. The second-order valence-electron chi connectivity index (χ2n) is 8.00. The molecule has 0 fully saturated rings. The molecule has 0 saturated carbocycles. The van der Waals surface area contributed by atoms with Crippen molar-refractivity contribution in [2.45, 2.75) is 19.5 Å². The van der Waals surface area contributed by atoms with Crippen LogP contribution in [0.5, 0.6) is 0 Å². The van der Waals surface area contributed by atoms with Crippen LogP contribution in [-0.2, 0) is 16.1 Å². The number of esters is 1. The SMILES string of the molecule is COC(=O)c1ccc(CNC(=O)CN(C)C(C)c2cccc(NC(=O)c3ccccc3)c2)cc1. The number of methoxy groups -OCH3 is 1. The van der Waals surface area contributed by atoms with Gasteiger partial charge in [-0.1, -0.05) is 42.5 Å². The predicted octanol–water partition coefficient (Wildman–Crippen LogP) is 4.03. The molecule has 3 rings (SSSR count). The molecule has 3 aromatic rings. The number of nitrogens with one attached hydrogen (secondary N) is 2. The van der Waals surface area contributed by atoms with Gasteiger partial charge in [0.1, 0.15) is 0 Å². The first-order chi connectivity index (χ1) is 16.4. The fraction of sp³-hybridized carbons (Fsp3) is 0.222. The van der Waals surface area contributed by atoms with E-state index in [9.17, 15) is 14.4 Å². The molecular weight excluding hydrogens is 430 g/mol. The van der Waals surface area contributed by atoms with Gasteiger partial charge in [0.15, 0.2) is 0 Å². The van der Waals surface area contributed by atoms with Gasteiger partial charge in [-0.15, -0.1) is 0 Å². The van der Waals surface area contributed by atoms with Crippen LogP contribution in [0.25, 0.3) is 0 Å². The normalized spacial score (nSPS) is 11.5. The first kappa shape index (κ1) is 24.7. The smallest absolute Gasteiger partial charge is 0.337 e. The zero-order valence-electron chi connectivity index (χ0n) is 19.6. The van der Waals surface area contributed by atoms with E-state index in [0.717, 1.165) is 11.1 Å². The van der Waals surface area contributed by atoms with Crippen LogP contribution < -0.4 is 10.6 Å². The van der Waals surface area contributed by atoms with E-state index in [2.05, 4.69) is 15.4 Å². The second-order valence-corrected chi connectivity index (χ2v) is 8.00. The highest BCUT2D eigenvalue weighted by Crippen LogP contribution is 2.22. The van der Waals surface area contributed by atoms with Crippen molar-refractivity contribution in [2.75, 3.05) is 26.0 Å². The summed E-state index contributed by atoms with van der Waals surface area (Å²) in [7, 11) is 3.22. The standard InChI is InChI=1S/C27H29N3O4/c1-19(23-10-7-11-24(16-23)29-26(32)21-8-5-4-6-9-21)30(2)18-25(31)28-17-20-12-14-22(15-13-20)27(33)34-3/h4-16,19H,17-18H2,1-3H3,(H,28,31)(H,29,32). The molecule has 34 heavy (non-hydrogen) atoms. The monoisotopic (exact) mass is 459 g/mol. The highest BCUT2D eigenvalue weighted by atomic mass is 16.5. The summed E-state index contributed by atoms with van der Waals surface area (Å²) in [5, 5.41) is 5.82. The molecule has 0 saturated heterocycles. The Morgan fingerprint density at radius 3 is 2.29 bits per heavy atom. The van der Waals surface area contributed by atoms with Gasteiger partial charge in [0, 0.05) is 23.8 Å². The number of likely N-dealkylation sites (N-methyl/N-ethyl adjacent to an activating group) is 1. The Morgan fingerprint density at radius 2 is 1.62 bits per heavy atom. The minimum absolute atomic E-state index is 0.0429. The average molecular weight is 460 g/mol. The lowest BCUT2D eigenvalue weighted by Gasteiger charge is -2.25. The number of amides is 2. The maximum atomic E-state index is 12.5. The van der Waals surface area contributed by atoms with Gasteiger partial charge in [-0.3, -0.25) is 14.5 Å². The molecule has 0 aromatic heterocycles. The largest absolute Gasteiger partial charge is 0.465 e. The van der Waals surface area contributed by atoms with E-state index >= 15 is 0 Å². The number of anilines is 1. The number of rotatable bonds is 9. The Hall–Kier alpha value is -3.97. The van der Waals surface area contributed by atoms with Crippen molar-refractivity contribution >= 4 is 23.5 Å². The van der Waals surface area contributed by atoms with Crippen molar-refractivity contribution in [3.63, 3.8) is 0 Å². The Bertz CT molecular complexity index is 1130. The third-order valence-corrected chi connectivity index (χ3v) is 5.58. The van der Waals surface area contributed by atoms with E-state index in [-0.39, 0.29) is 24.4 Å². The molecule has 1 atom stereocenters. The fourth-order valence-corrected chi connectivity index (χ4v) is 3.42. The summed E-state index contributed by atoms with van der Waals surface area (Å²) in [6.45, 7) is 2.59. The number of ether oxygens (including phenoxy) is 1. The van der Waals surface area contributed by atoms with E-state index in [1.807, 2.05) is 61.3 Å². The van der Waals surface area contributed by atoms with Crippen LogP contribution in [0.4, 0.5) is 5.69 Å². The lowest BCUT2D eigenvalue weighted by Crippen LogP contribution is -2.36. The molecule has 2 amide bonds. The lowest BCUT2D eigenvalue weighted by atomic mass is 10.1. The van der Waals surface area contributed by atoms with Gasteiger partial charge >= 0.3 is 5.97 Å². The molecule has 0 spiro atoms. The number of carbonyl (C=O) groups excluding carboxylic acids is 3. The summed E-state index contributed by atoms with van der Waals surface area (Å²) in [4.78, 5) is 38.4. The van der Waals surface area contributed by atoms with Gasteiger partial charge in [0.05, 0.1) is 19.2 Å². The molecule has 3 aromatic carbocycles. The highest BCUT2D eigenvalue weighted by molar-refractivity contribution is 6.04. The number of hydrogen-bond donors (Lipinski definition) is 2. The maximum absolute atomic E-state index is 12.5. The summed E-state index contributed by atoms with van der Waals surface area (Å²) in [6.07, 6.45) is 0. The molecule has 1 unspecified atom stereocenters. The van der Waals surface area contributed by atoms with Gasteiger partial charge in [-0.25, -0.2) is 4.79 Å². The number of nitrogens with zero attached hydrogens (tertiary/aromatic N) is 1. The van der Waals surface area contributed by atoms with Crippen LogP contribution in [0.15, 0.2) is 78.9 Å². The van der Waals surface area contributed by atoms with Gasteiger partial charge in [-0.2, -0.15) is 0 Å². The maximum Gasteiger partial charge on any atom is 0.337 e. The lowest BCUT2D eigenvalue weighted by molar-refractivity contribution is -0.122. The van der Waals surface area contributed by atoms with Gasteiger partial charge in [0.2, 0.25) is 5.91 Å². The zero-order chi connectivity index (χ0) is 24.5.